The maximum atomic E-state index is 12.6. The van der Waals surface area contributed by atoms with Crippen LogP contribution in [-0.2, 0) is 10.8 Å². The maximum absolute atomic E-state index is 12.6. The molecule has 0 fully saturated rings. The Bertz CT molecular complexity index is 329. The average molecular weight is 231 g/mol. The Balaban J connectivity index is 2.57. The lowest BCUT2D eigenvalue weighted by molar-refractivity contribution is 0.279. The van der Waals surface area contributed by atoms with Gasteiger partial charge in [0.15, 0.2) is 0 Å². The van der Waals surface area contributed by atoms with E-state index in [1.54, 1.807) is 0 Å². The first-order chi connectivity index (χ1) is 7.13. The molecule has 0 aliphatic carbocycles. The van der Waals surface area contributed by atoms with Crippen LogP contribution < -0.4 is 5.73 Å². The molecule has 1 aromatic carbocycles. The van der Waals surface area contributed by atoms with Crippen molar-refractivity contribution in [2.45, 2.75) is 17.4 Å². The molecule has 3 nitrogen and oxygen atoms in total. The highest BCUT2D eigenvalue weighted by Crippen LogP contribution is 2.09. The van der Waals surface area contributed by atoms with E-state index in [2.05, 4.69) is 0 Å². The standard InChI is InChI=1S/C10H14FNO2S/c11-8-1-3-10(4-2-8)15(14)7-9(12)5-6-13/h1-4,9,13H,5-7,12H2. The third kappa shape index (κ3) is 4.07. The van der Waals surface area contributed by atoms with Crippen LogP contribution in [0.15, 0.2) is 29.2 Å². The van der Waals surface area contributed by atoms with Crippen molar-refractivity contribution >= 4 is 10.8 Å². The number of aliphatic hydroxyl groups excluding tert-OH is 1. The van der Waals surface area contributed by atoms with E-state index in [-0.39, 0.29) is 24.2 Å². The summed E-state index contributed by atoms with van der Waals surface area (Å²) in [7, 11) is -1.23. The first-order valence-corrected chi connectivity index (χ1v) is 5.95. The largest absolute Gasteiger partial charge is 0.396 e. The van der Waals surface area contributed by atoms with Crippen molar-refractivity contribution in [2.24, 2.45) is 5.73 Å². The summed E-state index contributed by atoms with van der Waals surface area (Å²) in [6.07, 6.45) is 0.424. The molecule has 1 aromatic rings. The quantitative estimate of drug-likeness (QED) is 0.781. The van der Waals surface area contributed by atoms with E-state index in [0.717, 1.165) is 0 Å². The van der Waals surface area contributed by atoms with E-state index in [9.17, 15) is 8.60 Å². The monoisotopic (exact) mass is 231 g/mol. The van der Waals surface area contributed by atoms with E-state index >= 15 is 0 Å². The Morgan fingerprint density at radius 2 is 2.00 bits per heavy atom. The van der Waals surface area contributed by atoms with Gasteiger partial charge in [-0.15, -0.1) is 0 Å². The topological polar surface area (TPSA) is 63.3 Å². The third-order valence-corrected chi connectivity index (χ3v) is 3.47. The molecule has 84 valence electrons. The summed E-state index contributed by atoms with van der Waals surface area (Å²) in [4.78, 5) is 0.560. The number of aliphatic hydroxyl groups is 1. The second-order valence-electron chi connectivity index (χ2n) is 3.24. The zero-order valence-electron chi connectivity index (χ0n) is 8.23. The second-order valence-corrected chi connectivity index (χ2v) is 4.73. The molecular weight excluding hydrogens is 217 g/mol. The molecule has 0 saturated heterocycles. The number of hydrogen-bond acceptors (Lipinski definition) is 3. The van der Waals surface area contributed by atoms with Crippen molar-refractivity contribution in [1.82, 2.24) is 0 Å². The number of rotatable bonds is 5. The molecule has 15 heavy (non-hydrogen) atoms. The highest BCUT2D eigenvalue weighted by atomic mass is 32.2. The predicted octanol–water partition coefficient (Wildman–Crippen LogP) is 0.643. The molecule has 0 bridgehead atoms. The van der Waals surface area contributed by atoms with Crippen LogP contribution in [0.25, 0.3) is 0 Å². The Labute approximate surface area is 90.6 Å². The van der Waals surface area contributed by atoms with Gasteiger partial charge in [-0.05, 0) is 30.7 Å². The molecule has 2 unspecified atom stereocenters. The Kier molecular flexibility index (Phi) is 4.87. The van der Waals surface area contributed by atoms with Gasteiger partial charge in [0.25, 0.3) is 0 Å². The van der Waals surface area contributed by atoms with E-state index in [1.807, 2.05) is 0 Å². The first-order valence-electron chi connectivity index (χ1n) is 4.64. The highest BCUT2D eigenvalue weighted by molar-refractivity contribution is 7.85. The molecule has 3 N–H and O–H groups in total. The molecule has 0 radical (unpaired) electrons. The smallest absolute Gasteiger partial charge is 0.123 e. The molecule has 0 aliphatic heterocycles. The molecule has 5 heteroatoms. The van der Waals surface area contributed by atoms with Gasteiger partial charge in [-0.25, -0.2) is 4.39 Å². The summed E-state index contributed by atoms with van der Waals surface area (Å²) in [6, 6.07) is 5.21. The van der Waals surface area contributed by atoms with E-state index in [1.165, 1.54) is 24.3 Å². The molecule has 0 aliphatic rings. The van der Waals surface area contributed by atoms with Crippen molar-refractivity contribution in [3.8, 4) is 0 Å². The summed E-state index contributed by atoms with van der Waals surface area (Å²) < 4.78 is 24.2. The average Bonchev–Trinajstić information content (AvgIpc) is 2.18. The number of benzene rings is 1. The highest BCUT2D eigenvalue weighted by Gasteiger charge is 2.09. The summed E-state index contributed by atoms with van der Waals surface area (Å²) in [5.41, 5.74) is 5.63. The molecule has 2 atom stereocenters. The Morgan fingerprint density at radius 3 is 2.53 bits per heavy atom. The maximum Gasteiger partial charge on any atom is 0.123 e. The lowest BCUT2D eigenvalue weighted by Gasteiger charge is -2.09. The lowest BCUT2D eigenvalue weighted by atomic mass is 10.3. The van der Waals surface area contributed by atoms with Crippen LogP contribution >= 0.6 is 0 Å². The molecule has 0 spiro atoms. The fourth-order valence-corrected chi connectivity index (χ4v) is 2.31. The number of nitrogens with two attached hydrogens (primary N) is 1. The first kappa shape index (κ1) is 12.3. The van der Waals surface area contributed by atoms with Gasteiger partial charge in [0.1, 0.15) is 5.82 Å². The minimum absolute atomic E-state index is 0.0121. The SMILES string of the molecule is NC(CCO)CS(=O)c1ccc(F)cc1. The van der Waals surface area contributed by atoms with E-state index < -0.39 is 10.8 Å². The normalized spacial score (nSPS) is 14.9. The number of hydrogen-bond donors (Lipinski definition) is 2. The van der Waals surface area contributed by atoms with Crippen LogP contribution in [0.3, 0.4) is 0 Å². The summed E-state index contributed by atoms with van der Waals surface area (Å²) >= 11 is 0. The fourth-order valence-electron chi connectivity index (χ4n) is 1.13. The van der Waals surface area contributed by atoms with Crippen molar-refractivity contribution in [2.75, 3.05) is 12.4 Å². The van der Waals surface area contributed by atoms with Gasteiger partial charge in [0, 0.05) is 23.3 Å². The summed E-state index contributed by atoms with van der Waals surface area (Å²) in [5, 5.41) is 8.63. The third-order valence-electron chi connectivity index (χ3n) is 1.94. The van der Waals surface area contributed by atoms with Gasteiger partial charge in [0.05, 0.1) is 10.8 Å². The number of halogens is 1. The van der Waals surface area contributed by atoms with Gasteiger partial charge in [0.2, 0.25) is 0 Å². The fraction of sp³-hybridized carbons (Fsp3) is 0.400. The van der Waals surface area contributed by atoms with Crippen molar-refractivity contribution < 1.29 is 13.7 Å². The van der Waals surface area contributed by atoms with Crippen LogP contribution in [0, 0.1) is 5.82 Å². The van der Waals surface area contributed by atoms with Crippen molar-refractivity contribution in [3.05, 3.63) is 30.1 Å². The van der Waals surface area contributed by atoms with Crippen LogP contribution in [0.4, 0.5) is 4.39 Å². The van der Waals surface area contributed by atoms with E-state index in [4.69, 9.17) is 10.8 Å². The summed E-state index contributed by atoms with van der Waals surface area (Å²) in [6.45, 7) is -0.0121. The van der Waals surface area contributed by atoms with Crippen molar-refractivity contribution in [3.63, 3.8) is 0 Å². The molecule has 0 saturated carbocycles. The second kappa shape index (κ2) is 5.95. The summed E-state index contributed by atoms with van der Waals surface area (Å²) in [5.74, 6) is -0.0676. The van der Waals surface area contributed by atoms with Crippen LogP contribution in [0.5, 0.6) is 0 Å². The Hall–Kier alpha value is -0.780. The molecule has 0 amide bonds. The van der Waals surface area contributed by atoms with Gasteiger partial charge in [-0.2, -0.15) is 0 Å². The zero-order valence-corrected chi connectivity index (χ0v) is 9.04. The molecule has 0 aromatic heterocycles. The van der Waals surface area contributed by atoms with Gasteiger partial charge in [-0.1, -0.05) is 0 Å². The predicted molar refractivity (Wildman–Crippen MR) is 57.4 cm³/mol. The van der Waals surface area contributed by atoms with Gasteiger partial charge in [-0.3, -0.25) is 4.21 Å². The van der Waals surface area contributed by atoms with Gasteiger partial charge >= 0.3 is 0 Å². The van der Waals surface area contributed by atoms with Gasteiger partial charge < -0.3 is 10.8 Å². The minimum Gasteiger partial charge on any atom is -0.396 e. The van der Waals surface area contributed by atoms with Crippen LogP contribution in [0.1, 0.15) is 6.42 Å². The lowest BCUT2D eigenvalue weighted by Crippen LogP contribution is -2.28. The van der Waals surface area contributed by atoms with Crippen molar-refractivity contribution in [1.29, 1.82) is 0 Å². The zero-order chi connectivity index (χ0) is 11.3. The molecular formula is C10H14FNO2S. The van der Waals surface area contributed by atoms with Crippen LogP contribution in [0.2, 0.25) is 0 Å². The molecule has 1 rings (SSSR count). The minimum atomic E-state index is -1.23. The molecule has 0 heterocycles. The Morgan fingerprint density at radius 1 is 1.40 bits per heavy atom. The van der Waals surface area contributed by atoms with E-state index in [0.29, 0.717) is 11.3 Å². The van der Waals surface area contributed by atoms with Crippen LogP contribution in [-0.4, -0.2) is 27.7 Å².